The molecule has 2 aliphatic rings. The van der Waals surface area contributed by atoms with Crippen molar-refractivity contribution < 1.29 is 4.74 Å². The molecule has 0 radical (unpaired) electrons. The van der Waals surface area contributed by atoms with Gasteiger partial charge < -0.3 is 14.5 Å². The van der Waals surface area contributed by atoms with Gasteiger partial charge in [0.1, 0.15) is 0 Å². The fourth-order valence-electron chi connectivity index (χ4n) is 4.72. The summed E-state index contributed by atoms with van der Waals surface area (Å²) in [7, 11) is 0. The van der Waals surface area contributed by atoms with Gasteiger partial charge in [-0.1, -0.05) is 50.3 Å². The summed E-state index contributed by atoms with van der Waals surface area (Å²) in [5, 5.41) is 0. The number of rotatable bonds is 5. The fourth-order valence-corrected chi connectivity index (χ4v) is 4.72. The molecule has 2 aromatic carbocycles. The summed E-state index contributed by atoms with van der Waals surface area (Å²) in [6.45, 7) is 12.8. The van der Waals surface area contributed by atoms with Gasteiger partial charge in [0.2, 0.25) is 0 Å². The molecule has 4 rings (SSSR count). The molecule has 27 heavy (non-hydrogen) atoms. The minimum atomic E-state index is -0.409. The Morgan fingerprint density at radius 2 is 1.74 bits per heavy atom. The van der Waals surface area contributed by atoms with E-state index in [-0.39, 0.29) is 5.41 Å². The summed E-state index contributed by atoms with van der Waals surface area (Å²) in [4.78, 5) is 4.80. The lowest BCUT2D eigenvalue weighted by Crippen LogP contribution is -2.51. The summed E-state index contributed by atoms with van der Waals surface area (Å²) in [6.07, 6.45) is 4.49. The second kappa shape index (κ2) is 6.72. The van der Waals surface area contributed by atoms with Crippen LogP contribution >= 0.6 is 0 Å². The third kappa shape index (κ3) is 2.68. The molecule has 2 aromatic rings. The van der Waals surface area contributed by atoms with Crippen LogP contribution in [0.4, 0.5) is 11.4 Å². The maximum atomic E-state index is 6.41. The summed E-state index contributed by atoms with van der Waals surface area (Å²) < 4.78 is 6.41. The SMILES string of the molecule is CCN(CC)c1ccc(C=CC23OCCN2c2ccccc2C3(C)C)cc1. The molecule has 1 saturated heterocycles. The Bertz CT molecular complexity index is 836. The van der Waals surface area contributed by atoms with Crippen molar-refractivity contribution in [2.75, 3.05) is 36.0 Å². The van der Waals surface area contributed by atoms with Crippen molar-refractivity contribution in [3.05, 3.63) is 65.7 Å². The first-order valence-corrected chi connectivity index (χ1v) is 10.1. The monoisotopic (exact) mass is 362 g/mol. The average Bonchev–Trinajstić information content (AvgIpc) is 3.20. The molecule has 0 aromatic heterocycles. The van der Waals surface area contributed by atoms with Gasteiger partial charge in [-0.25, -0.2) is 0 Å². The van der Waals surface area contributed by atoms with Gasteiger partial charge in [-0.05, 0) is 49.2 Å². The Morgan fingerprint density at radius 3 is 2.44 bits per heavy atom. The molecule has 1 unspecified atom stereocenters. The van der Waals surface area contributed by atoms with Crippen LogP contribution in [-0.4, -0.2) is 32.0 Å². The molecule has 0 aliphatic carbocycles. The molecule has 0 N–H and O–H groups in total. The minimum Gasteiger partial charge on any atom is -0.372 e. The van der Waals surface area contributed by atoms with Crippen LogP contribution in [-0.2, 0) is 10.2 Å². The minimum absolute atomic E-state index is 0.0994. The van der Waals surface area contributed by atoms with Crippen LogP contribution in [0.15, 0.2) is 54.6 Å². The van der Waals surface area contributed by atoms with Gasteiger partial charge >= 0.3 is 0 Å². The summed E-state index contributed by atoms with van der Waals surface area (Å²) in [5.74, 6) is 0. The Kier molecular flexibility index (Phi) is 4.51. The van der Waals surface area contributed by atoms with Crippen LogP contribution in [0.5, 0.6) is 0 Å². The normalized spacial score (nSPS) is 22.9. The van der Waals surface area contributed by atoms with Gasteiger partial charge in [0.05, 0.1) is 6.61 Å². The Hall–Kier alpha value is -2.26. The Labute approximate surface area is 163 Å². The first-order valence-electron chi connectivity index (χ1n) is 10.1. The molecule has 0 spiro atoms. The number of benzene rings is 2. The number of para-hydroxylation sites is 1. The van der Waals surface area contributed by atoms with Gasteiger partial charge in [0.25, 0.3) is 0 Å². The second-order valence-electron chi connectivity index (χ2n) is 7.94. The molecule has 1 atom stereocenters. The first kappa shape index (κ1) is 18.1. The van der Waals surface area contributed by atoms with Gasteiger partial charge in [0, 0.05) is 36.4 Å². The van der Waals surface area contributed by atoms with E-state index < -0.39 is 5.72 Å². The highest BCUT2D eigenvalue weighted by atomic mass is 16.5. The van der Waals surface area contributed by atoms with E-state index in [0.717, 1.165) is 26.2 Å². The van der Waals surface area contributed by atoms with E-state index >= 15 is 0 Å². The van der Waals surface area contributed by atoms with E-state index in [1.165, 1.54) is 22.5 Å². The largest absolute Gasteiger partial charge is 0.372 e. The maximum Gasteiger partial charge on any atom is 0.170 e. The number of fused-ring (bicyclic) bond motifs is 3. The Balaban J connectivity index is 1.65. The number of hydrogen-bond donors (Lipinski definition) is 0. The molecule has 0 saturated carbocycles. The lowest BCUT2D eigenvalue weighted by atomic mass is 9.77. The van der Waals surface area contributed by atoms with Gasteiger partial charge in [-0.15, -0.1) is 0 Å². The van der Waals surface area contributed by atoms with E-state index in [4.69, 9.17) is 4.74 Å². The van der Waals surface area contributed by atoms with Crippen molar-refractivity contribution in [1.82, 2.24) is 0 Å². The maximum absolute atomic E-state index is 6.41. The second-order valence-corrected chi connectivity index (χ2v) is 7.94. The predicted molar refractivity (Wildman–Crippen MR) is 115 cm³/mol. The van der Waals surface area contributed by atoms with Gasteiger partial charge in [-0.2, -0.15) is 0 Å². The molecule has 3 heteroatoms. The van der Waals surface area contributed by atoms with Gasteiger partial charge in [-0.3, -0.25) is 0 Å². The van der Waals surface area contributed by atoms with Crippen molar-refractivity contribution in [2.45, 2.75) is 38.8 Å². The van der Waals surface area contributed by atoms with Crippen molar-refractivity contribution in [2.24, 2.45) is 0 Å². The van der Waals surface area contributed by atoms with Crippen molar-refractivity contribution in [3.8, 4) is 0 Å². The number of ether oxygens (including phenoxy) is 1. The molecular formula is C24H30N2O. The van der Waals surface area contributed by atoms with E-state index in [1.807, 2.05) is 0 Å². The molecule has 142 valence electrons. The van der Waals surface area contributed by atoms with Crippen LogP contribution in [0.3, 0.4) is 0 Å². The lowest BCUT2D eigenvalue weighted by molar-refractivity contribution is 0.000337. The van der Waals surface area contributed by atoms with E-state index in [0.29, 0.717) is 0 Å². The summed E-state index contributed by atoms with van der Waals surface area (Å²) >= 11 is 0. The highest BCUT2D eigenvalue weighted by molar-refractivity contribution is 5.70. The molecule has 0 amide bonds. The third-order valence-corrected chi connectivity index (χ3v) is 6.33. The number of hydrogen-bond acceptors (Lipinski definition) is 3. The predicted octanol–water partition coefficient (Wildman–Crippen LogP) is 5.07. The van der Waals surface area contributed by atoms with E-state index in [9.17, 15) is 0 Å². The summed E-state index contributed by atoms with van der Waals surface area (Å²) in [6, 6.07) is 17.6. The zero-order valence-corrected chi connectivity index (χ0v) is 16.9. The molecule has 0 bridgehead atoms. The smallest absolute Gasteiger partial charge is 0.170 e. The highest BCUT2D eigenvalue weighted by Gasteiger charge is 2.58. The quantitative estimate of drug-likeness (QED) is 0.738. The van der Waals surface area contributed by atoms with Crippen LogP contribution in [0, 0.1) is 0 Å². The van der Waals surface area contributed by atoms with Crippen LogP contribution in [0.2, 0.25) is 0 Å². The standard InChI is InChI=1S/C24H30N2O/c1-5-25(6-2)20-13-11-19(12-14-20)15-16-24-23(3,4)21-9-7-8-10-22(21)26(24)17-18-27-24/h7-16H,5-6,17-18H2,1-4H3. The van der Waals surface area contributed by atoms with Crippen LogP contribution in [0.25, 0.3) is 6.08 Å². The zero-order valence-electron chi connectivity index (χ0n) is 16.9. The lowest BCUT2D eigenvalue weighted by Gasteiger charge is -2.39. The van der Waals surface area contributed by atoms with Crippen molar-refractivity contribution in [3.63, 3.8) is 0 Å². The molecule has 3 nitrogen and oxygen atoms in total. The zero-order chi connectivity index (χ0) is 19.1. The average molecular weight is 363 g/mol. The molecule has 2 heterocycles. The number of anilines is 2. The van der Waals surface area contributed by atoms with Crippen LogP contribution < -0.4 is 9.80 Å². The van der Waals surface area contributed by atoms with Crippen LogP contribution in [0.1, 0.15) is 38.8 Å². The van der Waals surface area contributed by atoms with E-state index in [1.54, 1.807) is 0 Å². The molecular weight excluding hydrogens is 332 g/mol. The summed E-state index contributed by atoms with van der Waals surface area (Å²) in [5.41, 5.74) is 4.66. The molecule has 1 fully saturated rings. The third-order valence-electron chi connectivity index (χ3n) is 6.33. The van der Waals surface area contributed by atoms with E-state index in [2.05, 4.69) is 98.2 Å². The van der Waals surface area contributed by atoms with Crippen molar-refractivity contribution in [1.29, 1.82) is 0 Å². The Morgan fingerprint density at radius 1 is 1.04 bits per heavy atom. The topological polar surface area (TPSA) is 15.7 Å². The first-order chi connectivity index (χ1) is 13.0. The number of nitrogens with zero attached hydrogens (tertiary/aromatic N) is 2. The van der Waals surface area contributed by atoms with Crippen molar-refractivity contribution >= 4 is 17.5 Å². The van der Waals surface area contributed by atoms with Gasteiger partial charge in [0.15, 0.2) is 5.72 Å². The highest BCUT2D eigenvalue weighted by Crippen LogP contribution is 2.54. The fraction of sp³-hybridized carbons (Fsp3) is 0.417. The molecule has 2 aliphatic heterocycles.